The minimum Gasteiger partial charge on any atom is -0.493 e. The molecule has 2 bridgehead atoms. The molecule has 1 fully saturated rings. The van der Waals surface area contributed by atoms with Gasteiger partial charge in [0.25, 0.3) is 0 Å². The van der Waals surface area contributed by atoms with Crippen LogP contribution in [0.1, 0.15) is 37.8 Å². The maximum absolute atomic E-state index is 12.8. The number of Topliss-reactive ketones (excluding diaryl/α,β-unsaturated/α-hetero) is 1. The van der Waals surface area contributed by atoms with Crippen LogP contribution in [0.25, 0.3) is 0 Å². The summed E-state index contributed by atoms with van der Waals surface area (Å²) in [6.07, 6.45) is 6.84. The molecule has 0 saturated heterocycles. The van der Waals surface area contributed by atoms with Crippen molar-refractivity contribution in [2.75, 3.05) is 21.3 Å². The van der Waals surface area contributed by atoms with Gasteiger partial charge in [0.2, 0.25) is 0 Å². The Hall–Kier alpha value is -1.85. The summed E-state index contributed by atoms with van der Waals surface area (Å²) in [7, 11) is 5.44. The molecule has 5 aliphatic rings. The predicted octanol–water partition coefficient (Wildman–Crippen LogP) is 2.80. The lowest BCUT2D eigenvalue weighted by atomic mass is 9.38. The van der Waals surface area contributed by atoms with Crippen molar-refractivity contribution in [3.8, 4) is 11.5 Å². The van der Waals surface area contributed by atoms with Crippen LogP contribution in [0.3, 0.4) is 0 Å². The Morgan fingerprint density at radius 1 is 1.32 bits per heavy atom. The number of carbonyl (C=O) groups excluding carboxylic acids is 1. The lowest BCUT2D eigenvalue weighted by Crippen LogP contribution is -2.76. The zero-order valence-electron chi connectivity index (χ0n) is 17.3. The first-order valence-electron chi connectivity index (χ1n) is 10.3. The van der Waals surface area contributed by atoms with Crippen LogP contribution >= 0.6 is 0 Å². The van der Waals surface area contributed by atoms with E-state index >= 15 is 0 Å². The first-order valence-corrected chi connectivity index (χ1v) is 10.3. The van der Waals surface area contributed by atoms with Gasteiger partial charge in [-0.25, -0.2) is 0 Å². The highest BCUT2D eigenvalue weighted by molar-refractivity contribution is 5.82. The van der Waals surface area contributed by atoms with Crippen molar-refractivity contribution >= 4 is 5.78 Å². The van der Waals surface area contributed by atoms with E-state index < -0.39 is 5.60 Å². The summed E-state index contributed by atoms with van der Waals surface area (Å²) < 4.78 is 18.6. The van der Waals surface area contributed by atoms with Crippen molar-refractivity contribution in [1.29, 1.82) is 0 Å². The molecule has 4 aliphatic carbocycles. The molecule has 28 heavy (non-hydrogen) atoms. The normalized spacial score (nSPS) is 41.5. The summed E-state index contributed by atoms with van der Waals surface area (Å²) in [5, 5.41) is 3.59. The highest BCUT2D eigenvalue weighted by Crippen LogP contribution is 2.72. The third-order valence-corrected chi connectivity index (χ3v) is 8.32. The van der Waals surface area contributed by atoms with Gasteiger partial charge >= 0.3 is 0 Å². The zero-order valence-corrected chi connectivity index (χ0v) is 17.3. The largest absolute Gasteiger partial charge is 0.493 e. The molecule has 150 valence electrons. The second-order valence-corrected chi connectivity index (χ2v) is 8.80. The highest BCUT2D eigenvalue weighted by atomic mass is 16.6. The average Bonchev–Trinajstić information content (AvgIpc) is 3.10. The fourth-order valence-electron chi connectivity index (χ4n) is 7.21. The number of methoxy groups -OCH3 is 2. The molecule has 3 unspecified atom stereocenters. The topological polar surface area (TPSA) is 56.8 Å². The van der Waals surface area contributed by atoms with E-state index in [0.717, 1.165) is 30.8 Å². The molecule has 0 amide bonds. The number of benzene rings is 1. The van der Waals surface area contributed by atoms with Gasteiger partial charge in [-0.2, -0.15) is 0 Å². The lowest BCUT2D eigenvalue weighted by Gasteiger charge is -2.67. The molecule has 5 nitrogen and oxygen atoms in total. The van der Waals surface area contributed by atoms with E-state index in [-0.39, 0.29) is 34.7 Å². The van der Waals surface area contributed by atoms with Gasteiger partial charge in [0.05, 0.1) is 13.0 Å². The number of ketones is 1. The van der Waals surface area contributed by atoms with Gasteiger partial charge in [-0.1, -0.05) is 25.1 Å². The molecule has 1 aliphatic heterocycles. The number of hydrogen-bond donors (Lipinski definition) is 1. The van der Waals surface area contributed by atoms with Crippen LogP contribution in [-0.4, -0.2) is 44.8 Å². The van der Waals surface area contributed by atoms with Crippen molar-refractivity contribution in [3.63, 3.8) is 0 Å². The summed E-state index contributed by atoms with van der Waals surface area (Å²) in [5.74, 6) is 1.57. The molecule has 1 heterocycles. The first kappa shape index (κ1) is 18.2. The number of likely N-dealkylation sites (N-methyl/N-ethyl adjacent to an activating group) is 1. The number of rotatable bonds is 5. The predicted molar refractivity (Wildman–Crippen MR) is 106 cm³/mol. The van der Waals surface area contributed by atoms with Crippen LogP contribution in [0.5, 0.6) is 11.5 Å². The van der Waals surface area contributed by atoms with Crippen molar-refractivity contribution in [2.45, 2.75) is 56.3 Å². The molecule has 0 radical (unpaired) electrons. The van der Waals surface area contributed by atoms with E-state index in [4.69, 9.17) is 14.2 Å². The summed E-state index contributed by atoms with van der Waals surface area (Å²) in [6, 6.07) is 4.43. The number of hydrogen-bond acceptors (Lipinski definition) is 5. The Morgan fingerprint density at radius 2 is 2.11 bits per heavy atom. The SMILES string of the molecule is CC[C@]12c3c4ccc(OC)c3OC1C1(OC)C=CC2(C[C@@H]1C(C)=O)[C@H](NC)C4. The fraction of sp³-hybridized carbons (Fsp3) is 0.609. The molecule has 1 aromatic rings. The fourth-order valence-corrected chi connectivity index (χ4v) is 7.21. The van der Waals surface area contributed by atoms with E-state index in [0.29, 0.717) is 0 Å². The zero-order chi connectivity index (χ0) is 19.9. The molecular formula is C23H29NO4. The van der Waals surface area contributed by atoms with E-state index in [9.17, 15) is 4.79 Å². The summed E-state index contributed by atoms with van der Waals surface area (Å²) in [4.78, 5) is 12.8. The van der Waals surface area contributed by atoms with Crippen LogP contribution in [-0.2, 0) is 21.4 Å². The Labute approximate surface area is 166 Å². The summed E-state index contributed by atoms with van der Waals surface area (Å²) in [5.41, 5.74) is 1.41. The van der Waals surface area contributed by atoms with E-state index in [1.807, 2.05) is 13.1 Å². The van der Waals surface area contributed by atoms with Gasteiger partial charge in [-0.3, -0.25) is 4.79 Å². The molecule has 1 saturated carbocycles. The smallest absolute Gasteiger partial charge is 0.166 e. The van der Waals surface area contributed by atoms with Gasteiger partial charge in [0.15, 0.2) is 11.5 Å². The number of ether oxygens (including phenoxy) is 3. The Bertz CT molecular complexity index is 895. The van der Waals surface area contributed by atoms with Gasteiger partial charge in [0.1, 0.15) is 17.5 Å². The highest BCUT2D eigenvalue weighted by Gasteiger charge is 2.77. The van der Waals surface area contributed by atoms with E-state index in [1.165, 1.54) is 11.1 Å². The standard InChI is InChI=1S/C23H29NO4/c1-6-22-18-14-7-8-16(26-4)19(18)28-20(22)23(27-5)10-9-21(22,17(11-14)24-3)12-15(23)13(2)25/h7-10,15,17,20,24H,6,11-12H2,1-5H3/t15-,17-,20?,21?,22+,23?/m1/s1. The number of nitrogens with one attached hydrogen (secondary N) is 1. The first-order chi connectivity index (χ1) is 13.5. The second-order valence-electron chi connectivity index (χ2n) is 8.80. The van der Waals surface area contributed by atoms with E-state index in [1.54, 1.807) is 21.1 Å². The third kappa shape index (κ3) is 1.67. The van der Waals surface area contributed by atoms with Crippen molar-refractivity contribution in [3.05, 3.63) is 35.4 Å². The summed E-state index contributed by atoms with van der Waals surface area (Å²) >= 11 is 0. The van der Waals surface area contributed by atoms with Crippen molar-refractivity contribution in [1.82, 2.24) is 5.32 Å². The Morgan fingerprint density at radius 3 is 2.71 bits per heavy atom. The van der Waals surface area contributed by atoms with Crippen LogP contribution in [0, 0.1) is 11.3 Å². The number of carbonyl (C=O) groups is 1. The quantitative estimate of drug-likeness (QED) is 0.793. The maximum atomic E-state index is 12.8. The van der Waals surface area contributed by atoms with Crippen molar-refractivity contribution < 1.29 is 19.0 Å². The summed E-state index contributed by atoms with van der Waals surface area (Å²) in [6.45, 7) is 3.94. The van der Waals surface area contributed by atoms with Gasteiger partial charge < -0.3 is 19.5 Å². The Balaban J connectivity index is 1.88. The minimum absolute atomic E-state index is 0.169. The molecule has 5 heteroatoms. The van der Waals surface area contributed by atoms with Gasteiger partial charge in [0, 0.05) is 29.5 Å². The lowest BCUT2D eigenvalue weighted by molar-refractivity contribution is -0.194. The monoisotopic (exact) mass is 383 g/mol. The molecule has 6 atom stereocenters. The van der Waals surface area contributed by atoms with Gasteiger partial charge in [-0.15, -0.1) is 0 Å². The van der Waals surface area contributed by atoms with Crippen LogP contribution < -0.4 is 14.8 Å². The molecule has 1 aromatic carbocycles. The molecular weight excluding hydrogens is 354 g/mol. The molecule has 0 aromatic heterocycles. The second kappa shape index (κ2) is 5.61. The molecule has 1 N–H and O–H groups in total. The van der Waals surface area contributed by atoms with E-state index in [2.05, 4.69) is 30.5 Å². The van der Waals surface area contributed by atoms with Crippen molar-refractivity contribution in [2.24, 2.45) is 11.3 Å². The minimum atomic E-state index is -0.749. The maximum Gasteiger partial charge on any atom is 0.166 e. The Kier molecular flexibility index (Phi) is 3.64. The van der Waals surface area contributed by atoms with Gasteiger partial charge in [-0.05, 0) is 44.9 Å². The number of fused-ring (bicyclic) bond motifs is 1. The molecule has 1 spiro atoms. The van der Waals surface area contributed by atoms with Crippen LogP contribution in [0.4, 0.5) is 0 Å². The van der Waals surface area contributed by atoms with Crippen LogP contribution in [0.2, 0.25) is 0 Å². The third-order valence-electron chi connectivity index (χ3n) is 8.32. The van der Waals surface area contributed by atoms with Crippen LogP contribution in [0.15, 0.2) is 24.3 Å². The molecule has 6 rings (SSSR count). The average molecular weight is 383 g/mol.